The fourth-order valence-electron chi connectivity index (χ4n) is 3.04. The number of hydrogen-bond acceptors (Lipinski definition) is 3. The Kier molecular flexibility index (Phi) is 3.69. The van der Waals surface area contributed by atoms with Gasteiger partial charge in [0.2, 0.25) is 0 Å². The van der Waals surface area contributed by atoms with E-state index in [2.05, 4.69) is 9.97 Å². The third-order valence-electron chi connectivity index (χ3n) is 4.21. The maximum Gasteiger partial charge on any atom is 0.326 e. The molecular formula is C19H14FN3O3. The Hall–Kier alpha value is -3.61. The third kappa shape index (κ3) is 2.50. The molecule has 0 aliphatic heterocycles. The lowest BCUT2D eigenvalue weighted by molar-refractivity contribution is 0.413. The molecule has 2 N–H and O–H groups in total. The Balaban J connectivity index is 1.83. The predicted molar refractivity (Wildman–Crippen MR) is 96.5 cm³/mol. The van der Waals surface area contributed by atoms with E-state index >= 15 is 0 Å². The van der Waals surface area contributed by atoms with Crippen LogP contribution in [0.3, 0.4) is 0 Å². The number of nitrogens with zero attached hydrogens (tertiary/aromatic N) is 1. The van der Waals surface area contributed by atoms with Gasteiger partial charge in [0, 0.05) is 11.9 Å². The largest absolute Gasteiger partial charge is 0.496 e. The Bertz CT molecular complexity index is 1220. The minimum absolute atomic E-state index is 0.334. The minimum atomic E-state index is -0.553. The maximum absolute atomic E-state index is 14.2. The van der Waals surface area contributed by atoms with Crippen molar-refractivity contribution in [2.45, 2.75) is 0 Å². The van der Waals surface area contributed by atoms with Crippen molar-refractivity contribution < 1.29 is 9.13 Å². The molecule has 0 radical (unpaired) electrons. The van der Waals surface area contributed by atoms with Gasteiger partial charge in [-0.2, -0.15) is 0 Å². The molecule has 4 rings (SSSR count). The first kappa shape index (κ1) is 15.9. The van der Waals surface area contributed by atoms with Crippen molar-refractivity contribution in [3.8, 4) is 22.6 Å². The molecule has 0 aliphatic carbocycles. The first-order valence-electron chi connectivity index (χ1n) is 7.85. The topological polar surface area (TPSA) is 79.9 Å². The number of ether oxygens (including phenoxy) is 1. The Labute approximate surface area is 146 Å². The number of halogens is 1. The van der Waals surface area contributed by atoms with Gasteiger partial charge >= 0.3 is 5.69 Å². The van der Waals surface area contributed by atoms with Crippen molar-refractivity contribution >= 4 is 11.0 Å². The summed E-state index contributed by atoms with van der Waals surface area (Å²) in [6, 6.07) is 13.4. The Morgan fingerprint density at radius 3 is 2.50 bits per heavy atom. The van der Waals surface area contributed by atoms with Gasteiger partial charge in [-0.1, -0.05) is 18.2 Å². The lowest BCUT2D eigenvalue weighted by Gasteiger charge is -2.11. The first-order chi connectivity index (χ1) is 12.6. The summed E-state index contributed by atoms with van der Waals surface area (Å²) in [4.78, 5) is 28.3. The van der Waals surface area contributed by atoms with Crippen LogP contribution in [0.25, 0.3) is 27.8 Å². The van der Waals surface area contributed by atoms with E-state index in [0.717, 1.165) is 0 Å². The molecule has 6 nitrogen and oxygen atoms in total. The van der Waals surface area contributed by atoms with Crippen molar-refractivity contribution in [1.29, 1.82) is 0 Å². The number of benzene rings is 2. The van der Waals surface area contributed by atoms with Gasteiger partial charge in [0.1, 0.15) is 17.1 Å². The van der Waals surface area contributed by atoms with Crippen molar-refractivity contribution in [3.63, 3.8) is 0 Å². The van der Waals surface area contributed by atoms with Crippen molar-refractivity contribution in [3.05, 3.63) is 81.4 Å². The summed E-state index contributed by atoms with van der Waals surface area (Å²) in [5.41, 5.74) is 1.48. The lowest BCUT2D eigenvalue weighted by Crippen LogP contribution is -2.22. The van der Waals surface area contributed by atoms with Gasteiger partial charge in [-0.25, -0.2) is 9.18 Å². The molecule has 0 saturated carbocycles. The number of hydrogen-bond donors (Lipinski definition) is 2. The van der Waals surface area contributed by atoms with Gasteiger partial charge in [-0.05, 0) is 35.9 Å². The molecule has 0 fully saturated rings. The van der Waals surface area contributed by atoms with Crippen molar-refractivity contribution in [1.82, 2.24) is 14.5 Å². The number of methoxy groups -OCH3 is 1. The quantitative estimate of drug-likeness (QED) is 0.596. The predicted octanol–water partition coefficient (Wildman–Crippen LogP) is 2.82. The average Bonchev–Trinajstić information content (AvgIpc) is 3.05. The van der Waals surface area contributed by atoms with Gasteiger partial charge < -0.3 is 14.3 Å². The zero-order valence-corrected chi connectivity index (χ0v) is 13.7. The highest BCUT2D eigenvalue weighted by molar-refractivity contribution is 5.77. The fraction of sp³-hybridized carbons (Fsp3) is 0.0526. The van der Waals surface area contributed by atoms with E-state index in [1.54, 1.807) is 53.2 Å². The standard InChI is InChI=1S/C19H14FN3O3/c1-26-15-4-2-3-13(20)16(15)11-5-7-12(8-6-11)23-10-9-14-17(23)18(24)22-19(25)21-14/h2-10H,1H3,(H2,21,22,24,25). The van der Waals surface area contributed by atoms with Crippen LogP contribution in [0.5, 0.6) is 5.75 Å². The fourth-order valence-corrected chi connectivity index (χ4v) is 3.04. The van der Waals surface area contributed by atoms with Gasteiger partial charge in [0.05, 0.1) is 18.2 Å². The molecule has 0 bridgehead atoms. The third-order valence-corrected chi connectivity index (χ3v) is 4.21. The van der Waals surface area contributed by atoms with Gasteiger partial charge in [0.25, 0.3) is 5.56 Å². The molecule has 7 heteroatoms. The molecule has 2 heterocycles. The molecule has 0 atom stereocenters. The second-order valence-corrected chi connectivity index (χ2v) is 5.72. The van der Waals surface area contributed by atoms with Crippen LogP contribution in [0.2, 0.25) is 0 Å². The molecule has 130 valence electrons. The SMILES string of the molecule is COc1cccc(F)c1-c1ccc(-n2ccc3[nH]c(=O)[nH]c(=O)c32)cc1. The summed E-state index contributed by atoms with van der Waals surface area (Å²) < 4.78 is 21.1. The van der Waals surface area contributed by atoms with E-state index < -0.39 is 11.2 Å². The lowest BCUT2D eigenvalue weighted by atomic mass is 10.0. The van der Waals surface area contributed by atoms with Gasteiger partial charge in [-0.15, -0.1) is 0 Å². The van der Waals surface area contributed by atoms with E-state index in [9.17, 15) is 14.0 Å². The van der Waals surface area contributed by atoms with E-state index in [0.29, 0.717) is 33.6 Å². The van der Waals surface area contributed by atoms with Crippen LogP contribution in [0.1, 0.15) is 0 Å². The van der Waals surface area contributed by atoms with E-state index in [1.807, 2.05) is 0 Å². The highest BCUT2D eigenvalue weighted by atomic mass is 19.1. The minimum Gasteiger partial charge on any atom is -0.496 e. The zero-order chi connectivity index (χ0) is 18.3. The van der Waals surface area contributed by atoms with Crippen LogP contribution in [0.15, 0.2) is 64.3 Å². The van der Waals surface area contributed by atoms with Crippen LogP contribution in [-0.4, -0.2) is 21.6 Å². The number of aromatic nitrogens is 3. The summed E-state index contributed by atoms with van der Waals surface area (Å²) in [6.45, 7) is 0. The van der Waals surface area contributed by atoms with Crippen molar-refractivity contribution in [2.24, 2.45) is 0 Å². The number of fused-ring (bicyclic) bond motifs is 1. The van der Waals surface area contributed by atoms with Crippen LogP contribution < -0.4 is 16.0 Å². The molecule has 0 aliphatic rings. The van der Waals surface area contributed by atoms with Gasteiger partial charge in [0.15, 0.2) is 0 Å². The summed E-state index contributed by atoms with van der Waals surface area (Å²) in [7, 11) is 1.49. The molecule has 0 amide bonds. The highest BCUT2D eigenvalue weighted by Crippen LogP contribution is 2.33. The molecule has 2 aromatic heterocycles. The first-order valence-corrected chi connectivity index (χ1v) is 7.85. The highest BCUT2D eigenvalue weighted by Gasteiger charge is 2.13. The Morgan fingerprint density at radius 1 is 1.00 bits per heavy atom. The second kappa shape index (κ2) is 6.03. The number of aromatic amines is 2. The molecule has 0 unspecified atom stereocenters. The number of rotatable bonds is 3. The van der Waals surface area contributed by atoms with E-state index in [-0.39, 0.29) is 5.82 Å². The maximum atomic E-state index is 14.2. The molecule has 4 aromatic rings. The molecule has 0 spiro atoms. The Morgan fingerprint density at radius 2 is 1.77 bits per heavy atom. The summed E-state index contributed by atoms with van der Waals surface area (Å²) in [5, 5.41) is 0. The molecule has 2 aromatic carbocycles. The molecule has 0 saturated heterocycles. The number of H-pyrrole nitrogens is 2. The van der Waals surface area contributed by atoms with E-state index in [4.69, 9.17) is 4.74 Å². The van der Waals surface area contributed by atoms with Crippen LogP contribution in [0.4, 0.5) is 4.39 Å². The number of nitrogens with one attached hydrogen (secondary N) is 2. The van der Waals surface area contributed by atoms with Gasteiger partial charge in [-0.3, -0.25) is 9.78 Å². The summed E-state index contributed by atoms with van der Waals surface area (Å²) >= 11 is 0. The monoisotopic (exact) mass is 351 g/mol. The van der Waals surface area contributed by atoms with Crippen molar-refractivity contribution in [2.75, 3.05) is 7.11 Å². The van der Waals surface area contributed by atoms with Crippen LogP contribution >= 0.6 is 0 Å². The summed E-state index contributed by atoms with van der Waals surface area (Å²) in [5.74, 6) is 0.0655. The van der Waals surface area contributed by atoms with Crippen LogP contribution in [-0.2, 0) is 0 Å². The van der Waals surface area contributed by atoms with E-state index in [1.165, 1.54) is 13.2 Å². The normalized spacial score (nSPS) is 11.0. The smallest absolute Gasteiger partial charge is 0.326 e. The zero-order valence-electron chi connectivity index (χ0n) is 13.7. The average molecular weight is 351 g/mol. The second-order valence-electron chi connectivity index (χ2n) is 5.72. The molecule has 26 heavy (non-hydrogen) atoms. The summed E-state index contributed by atoms with van der Waals surface area (Å²) in [6.07, 6.45) is 1.69. The van der Waals surface area contributed by atoms with Crippen LogP contribution in [0, 0.1) is 5.82 Å². The molecular weight excluding hydrogens is 337 g/mol.